The van der Waals surface area contributed by atoms with Gasteiger partial charge in [-0.05, 0) is 43.6 Å². The van der Waals surface area contributed by atoms with Crippen molar-refractivity contribution in [2.45, 2.75) is 51.5 Å². The molecule has 0 saturated heterocycles. The number of nitrogens with zero attached hydrogens (tertiary/aromatic N) is 1. The second-order valence-corrected chi connectivity index (χ2v) is 5.57. The standard InChI is InChI=1S/C13H22N2/c1-10-4-3-7-13(9-14,11(10)2)15-8-12-5-6-12/h10-12,15H,3-8H2,1-2H3. The van der Waals surface area contributed by atoms with E-state index in [2.05, 4.69) is 25.2 Å². The first-order valence-electron chi connectivity index (χ1n) is 6.34. The number of hydrogen-bond donors (Lipinski definition) is 1. The minimum atomic E-state index is -0.222. The van der Waals surface area contributed by atoms with E-state index < -0.39 is 0 Å². The zero-order valence-electron chi connectivity index (χ0n) is 9.92. The summed E-state index contributed by atoms with van der Waals surface area (Å²) >= 11 is 0. The third-order valence-electron chi connectivity index (χ3n) is 4.46. The number of nitriles is 1. The smallest absolute Gasteiger partial charge is 0.109 e. The van der Waals surface area contributed by atoms with Crippen LogP contribution >= 0.6 is 0 Å². The van der Waals surface area contributed by atoms with Crippen molar-refractivity contribution < 1.29 is 0 Å². The maximum absolute atomic E-state index is 9.45. The molecule has 2 aliphatic carbocycles. The highest BCUT2D eigenvalue weighted by atomic mass is 15.0. The molecule has 2 rings (SSSR count). The third kappa shape index (κ3) is 2.18. The molecule has 3 atom stereocenters. The van der Waals surface area contributed by atoms with E-state index in [0.29, 0.717) is 11.8 Å². The maximum atomic E-state index is 9.45. The van der Waals surface area contributed by atoms with E-state index in [1.54, 1.807) is 0 Å². The molecule has 0 heterocycles. The molecule has 2 saturated carbocycles. The number of rotatable bonds is 3. The molecule has 2 heteroatoms. The lowest BCUT2D eigenvalue weighted by Crippen LogP contribution is -2.53. The van der Waals surface area contributed by atoms with Crippen LogP contribution in [-0.4, -0.2) is 12.1 Å². The van der Waals surface area contributed by atoms with Crippen molar-refractivity contribution in [3.05, 3.63) is 0 Å². The Morgan fingerprint density at radius 3 is 2.67 bits per heavy atom. The number of hydrogen-bond acceptors (Lipinski definition) is 2. The van der Waals surface area contributed by atoms with Crippen LogP contribution in [0.4, 0.5) is 0 Å². The first-order valence-corrected chi connectivity index (χ1v) is 6.34. The van der Waals surface area contributed by atoms with E-state index in [1.807, 2.05) is 0 Å². The lowest BCUT2D eigenvalue weighted by molar-refractivity contribution is 0.151. The molecule has 0 bridgehead atoms. The molecule has 1 N–H and O–H groups in total. The SMILES string of the molecule is CC1CCCC(C#N)(NCC2CC2)C1C. The minimum absolute atomic E-state index is 0.222. The van der Waals surface area contributed by atoms with Gasteiger partial charge in [0.25, 0.3) is 0 Å². The fraction of sp³-hybridized carbons (Fsp3) is 0.923. The van der Waals surface area contributed by atoms with Crippen LogP contribution in [-0.2, 0) is 0 Å². The molecule has 0 amide bonds. The zero-order valence-corrected chi connectivity index (χ0v) is 9.92. The van der Waals surface area contributed by atoms with Crippen LogP contribution < -0.4 is 5.32 Å². The van der Waals surface area contributed by atoms with Gasteiger partial charge in [0.2, 0.25) is 0 Å². The van der Waals surface area contributed by atoms with Crippen molar-refractivity contribution in [3.8, 4) is 6.07 Å². The van der Waals surface area contributed by atoms with Crippen LogP contribution in [0, 0.1) is 29.1 Å². The molecule has 15 heavy (non-hydrogen) atoms. The van der Waals surface area contributed by atoms with Gasteiger partial charge in [0.05, 0.1) is 6.07 Å². The van der Waals surface area contributed by atoms with Gasteiger partial charge >= 0.3 is 0 Å². The van der Waals surface area contributed by atoms with Gasteiger partial charge in [0, 0.05) is 0 Å². The Labute approximate surface area is 93.0 Å². The van der Waals surface area contributed by atoms with E-state index in [4.69, 9.17) is 0 Å². The Morgan fingerprint density at radius 1 is 1.33 bits per heavy atom. The largest absolute Gasteiger partial charge is 0.299 e. The van der Waals surface area contributed by atoms with Gasteiger partial charge in [0.1, 0.15) is 5.54 Å². The summed E-state index contributed by atoms with van der Waals surface area (Å²) in [6.45, 7) is 5.59. The maximum Gasteiger partial charge on any atom is 0.109 e. The second kappa shape index (κ2) is 4.14. The van der Waals surface area contributed by atoms with E-state index in [1.165, 1.54) is 25.7 Å². The molecule has 0 aromatic heterocycles. The molecule has 0 aromatic rings. The Bertz CT molecular complexity index is 264. The van der Waals surface area contributed by atoms with E-state index in [0.717, 1.165) is 18.9 Å². The Balaban J connectivity index is 2.00. The van der Waals surface area contributed by atoms with Crippen molar-refractivity contribution in [1.82, 2.24) is 5.32 Å². The average Bonchev–Trinajstić information content (AvgIpc) is 3.05. The molecule has 0 aromatic carbocycles. The van der Waals surface area contributed by atoms with Gasteiger partial charge in [0.15, 0.2) is 0 Å². The van der Waals surface area contributed by atoms with E-state index in [9.17, 15) is 5.26 Å². The summed E-state index contributed by atoms with van der Waals surface area (Å²) in [5.74, 6) is 2.04. The summed E-state index contributed by atoms with van der Waals surface area (Å²) in [6.07, 6.45) is 6.26. The fourth-order valence-electron chi connectivity index (χ4n) is 2.76. The predicted octanol–water partition coefficient (Wildman–Crippen LogP) is 2.70. The topological polar surface area (TPSA) is 35.8 Å². The van der Waals surface area contributed by atoms with Crippen LogP contribution in [0.3, 0.4) is 0 Å². The molecule has 0 radical (unpaired) electrons. The van der Waals surface area contributed by atoms with Crippen LogP contribution in [0.15, 0.2) is 0 Å². The first-order chi connectivity index (χ1) is 7.18. The first kappa shape index (κ1) is 11.0. The Hall–Kier alpha value is -0.550. The van der Waals surface area contributed by atoms with Gasteiger partial charge in [-0.2, -0.15) is 5.26 Å². The summed E-state index contributed by atoms with van der Waals surface area (Å²) < 4.78 is 0. The van der Waals surface area contributed by atoms with Gasteiger partial charge in [-0.1, -0.05) is 26.7 Å². The minimum Gasteiger partial charge on any atom is -0.299 e. The third-order valence-corrected chi connectivity index (χ3v) is 4.46. The van der Waals surface area contributed by atoms with Crippen LogP contribution in [0.1, 0.15) is 46.0 Å². The van der Waals surface area contributed by atoms with Crippen LogP contribution in [0.2, 0.25) is 0 Å². The zero-order chi connectivity index (χ0) is 10.9. The Morgan fingerprint density at radius 2 is 2.07 bits per heavy atom. The molecular weight excluding hydrogens is 184 g/mol. The lowest BCUT2D eigenvalue weighted by atomic mass is 9.69. The van der Waals surface area contributed by atoms with Crippen molar-refractivity contribution in [2.75, 3.05) is 6.54 Å². The molecule has 0 aliphatic heterocycles. The van der Waals surface area contributed by atoms with Crippen molar-refractivity contribution in [2.24, 2.45) is 17.8 Å². The molecule has 3 unspecified atom stereocenters. The highest BCUT2D eigenvalue weighted by Crippen LogP contribution is 2.38. The summed E-state index contributed by atoms with van der Waals surface area (Å²) in [6, 6.07) is 2.57. The summed E-state index contributed by atoms with van der Waals surface area (Å²) in [5.41, 5.74) is -0.222. The monoisotopic (exact) mass is 206 g/mol. The summed E-state index contributed by atoms with van der Waals surface area (Å²) in [4.78, 5) is 0. The molecule has 2 nitrogen and oxygen atoms in total. The van der Waals surface area contributed by atoms with E-state index >= 15 is 0 Å². The van der Waals surface area contributed by atoms with E-state index in [-0.39, 0.29) is 5.54 Å². The van der Waals surface area contributed by atoms with Crippen LogP contribution in [0.5, 0.6) is 0 Å². The molecular formula is C13H22N2. The second-order valence-electron chi connectivity index (χ2n) is 5.57. The van der Waals surface area contributed by atoms with Gasteiger partial charge in [-0.25, -0.2) is 0 Å². The van der Waals surface area contributed by atoms with Gasteiger partial charge in [-0.15, -0.1) is 0 Å². The van der Waals surface area contributed by atoms with Crippen molar-refractivity contribution in [3.63, 3.8) is 0 Å². The molecule has 0 spiro atoms. The average molecular weight is 206 g/mol. The summed E-state index contributed by atoms with van der Waals surface area (Å²) in [5, 5.41) is 13.0. The van der Waals surface area contributed by atoms with Crippen LogP contribution in [0.25, 0.3) is 0 Å². The highest BCUT2D eigenvalue weighted by molar-refractivity contribution is 5.13. The highest BCUT2D eigenvalue weighted by Gasteiger charge is 2.42. The van der Waals surface area contributed by atoms with Crippen molar-refractivity contribution in [1.29, 1.82) is 5.26 Å². The fourth-order valence-corrected chi connectivity index (χ4v) is 2.76. The van der Waals surface area contributed by atoms with Crippen molar-refractivity contribution >= 4 is 0 Å². The van der Waals surface area contributed by atoms with Gasteiger partial charge in [-0.3, -0.25) is 5.32 Å². The predicted molar refractivity (Wildman–Crippen MR) is 61.2 cm³/mol. The Kier molecular flexibility index (Phi) is 3.02. The van der Waals surface area contributed by atoms with Gasteiger partial charge < -0.3 is 0 Å². The molecule has 2 fully saturated rings. The quantitative estimate of drug-likeness (QED) is 0.770. The summed E-state index contributed by atoms with van der Waals surface area (Å²) in [7, 11) is 0. The molecule has 2 aliphatic rings. The number of nitrogens with one attached hydrogen (secondary N) is 1. The normalized spacial score (nSPS) is 41.1. The molecule has 84 valence electrons. The lowest BCUT2D eigenvalue weighted by Gasteiger charge is -2.41.